The molecule has 7 heteroatoms. The van der Waals surface area contributed by atoms with E-state index in [1.54, 1.807) is 21.6 Å². The predicted octanol–water partition coefficient (Wildman–Crippen LogP) is 0.546. The Kier molecular flexibility index (Phi) is 6.98. The van der Waals surface area contributed by atoms with E-state index in [-0.39, 0.29) is 24.3 Å². The number of nitrogens with zero attached hydrogens (tertiary/aromatic N) is 3. The summed E-state index contributed by atoms with van der Waals surface area (Å²) < 4.78 is 4.92. The first-order valence-corrected chi connectivity index (χ1v) is 7.50. The van der Waals surface area contributed by atoms with Crippen molar-refractivity contribution in [3.63, 3.8) is 0 Å². The summed E-state index contributed by atoms with van der Waals surface area (Å²) in [6.07, 6.45) is -0.440. The number of hydrogen-bond donors (Lipinski definition) is 0. The van der Waals surface area contributed by atoms with Gasteiger partial charge in [0, 0.05) is 39.3 Å². The van der Waals surface area contributed by atoms with Crippen LogP contribution in [-0.4, -0.2) is 78.5 Å². The molecule has 3 amide bonds. The zero-order valence-corrected chi connectivity index (χ0v) is 13.1. The minimum atomic E-state index is -0.344. The van der Waals surface area contributed by atoms with E-state index >= 15 is 0 Å². The lowest BCUT2D eigenvalue weighted by atomic mass is 10.2. The van der Waals surface area contributed by atoms with E-state index < -0.39 is 0 Å². The Morgan fingerprint density at radius 3 is 1.95 bits per heavy atom. The molecule has 0 aromatic carbocycles. The topological polar surface area (TPSA) is 70.2 Å². The first-order valence-electron chi connectivity index (χ1n) is 7.50. The van der Waals surface area contributed by atoms with E-state index in [2.05, 4.69) is 0 Å². The maximum Gasteiger partial charge on any atom is 0.409 e. The smallest absolute Gasteiger partial charge is 0.409 e. The molecule has 0 atom stereocenters. The lowest BCUT2D eigenvalue weighted by Gasteiger charge is -2.34. The number of amides is 3. The van der Waals surface area contributed by atoms with Gasteiger partial charge in [-0.15, -0.1) is 0 Å². The molecule has 1 aliphatic rings. The van der Waals surface area contributed by atoms with Crippen LogP contribution >= 0.6 is 0 Å². The molecular weight excluding hydrogens is 274 g/mol. The number of carbonyl (C=O) groups excluding carboxylic acids is 3. The van der Waals surface area contributed by atoms with Crippen molar-refractivity contribution < 1.29 is 19.1 Å². The fourth-order valence-electron chi connectivity index (χ4n) is 2.28. The quantitative estimate of drug-likeness (QED) is 0.695. The van der Waals surface area contributed by atoms with Crippen LogP contribution in [0.25, 0.3) is 0 Å². The number of rotatable bonds is 5. The molecule has 1 aliphatic heterocycles. The van der Waals surface area contributed by atoms with Crippen LogP contribution in [0.4, 0.5) is 4.79 Å². The van der Waals surface area contributed by atoms with Crippen molar-refractivity contribution in [2.24, 2.45) is 0 Å². The van der Waals surface area contributed by atoms with Gasteiger partial charge >= 0.3 is 6.09 Å². The van der Waals surface area contributed by atoms with Gasteiger partial charge in [0.1, 0.15) is 6.42 Å². The minimum absolute atomic E-state index is 0.0961. The maximum absolute atomic E-state index is 12.1. The summed E-state index contributed by atoms with van der Waals surface area (Å²) in [5.41, 5.74) is 0. The highest BCUT2D eigenvalue weighted by Gasteiger charge is 2.26. The molecule has 0 aromatic rings. The SMILES string of the molecule is CCOC(=O)N1CCN(C(=O)CC(=O)N(CC)CC)CC1. The zero-order valence-electron chi connectivity index (χ0n) is 13.1. The Morgan fingerprint density at radius 1 is 0.952 bits per heavy atom. The van der Waals surface area contributed by atoms with Crippen molar-refractivity contribution in [1.82, 2.24) is 14.7 Å². The summed E-state index contributed by atoms with van der Waals surface area (Å²) in [7, 11) is 0. The first kappa shape index (κ1) is 17.3. The second-order valence-corrected chi connectivity index (χ2v) is 4.81. The van der Waals surface area contributed by atoms with E-state index in [1.165, 1.54) is 0 Å². The van der Waals surface area contributed by atoms with Gasteiger partial charge in [0.05, 0.1) is 6.61 Å². The summed E-state index contributed by atoms with van der Waals surface area (Å²) in [5, 5.41) is 0. The molecule has 0 saturated carbocycles. The van der Waals surface area contributed by atoms with Gasteiger partial charge in [-0.1, -0.05) is 0 Å². The van der Waals surface area contributed by atoms with Crippen molar-refractivity contribution >= 4 is 17.9 Å². The van der Waals surface area contributed by atoms with Gasteiger partial charge in [0.25, 0.3) is 0 Å². The van der Waals surface area contributed by atoms with E-state index in [1.807, 2.05) is 13.8 Å². The molecule has 0 N–H and O–H groups in total. The molecule has 1 rings (SSSR count). The second-order valence-electron chi connectivity index (χ2n) is 4.81. The van der Waals surface area contributed by atoms with Gasteiger partial charge in [0.2, 0.25) is 11.8 Å². The fourth-order valence-corrected chi connectivity index (χ4v) is 2.28. The third-order valence-electron chi connectivity index (χ3n) is 3.58. The normalized spacial score (nSPS) is 14.8. The molecule has 1 heterocycles. The summed E-state index contributed by atoms with van der Waals surface area (Å²) in [4.78, 5) is 40.4. The van der Waals surface area contributed by atoms with Crippen molar-refractivity contribution in [3.05, 3.63) is 0 Å². The predicted molar refractivity (Wildman–Crippen MR) is 77.7 cm³/mol. The van der Waals surface area contributed by atoms with Gasteiger partial charge in [0.15, 0.2) is 0 Å². The summed E-state index contributed by atoms with van der Waals surface area (Å²) in [5.74, 6) is -0.312. The third kappa shape index (κ3) is 4.91. The van der Waals surface area contributed by atoms with Crippen LogP contribution in [0.1, 0.15) is 27.2 Å². The highest BCUT2D eigenvalue weighted by atomic mass is 16.6. The molecule has 0 unspecified atom stereocenters. The monoisotopic (exact) mass is 299 g/mol. The molecule has 0 aromatic heterocycles. The standard InChI is InChI=1S/C14H25N3O4/c1-4-15(5-2)12(18)11-13(19)16-7-9-17(10-8-16)14(20)21-6-3/h4-11H2,1-3H3. The van der Waals surface area contributed by atoms with Crippen LogP contribution in [0.5, 0.6) is 0 Å². The van der Waals surface area contributed by atoms with E-state index in [0.29, 0.717) is 45.9 Å². The van der Waals surface area contributed by atoms with Gasteiger partial charge in [-0.2, -0.15) is 0 Å². The number of piperazine rings is 1. The highest BCUT2D eigenvalue weighted by molar-refractivity contribution is 5.97. The van der Waals surface area contributed by atoms with Gasteiger partial charge in [-0.25, -0.2) is 4.79 Å². The largest absolute Gasteiger partial charge is 0.450 e. The molecule has 0 radical (unpaired) electrons. The number of hydrogen-bond acceptors (Lipinski definition) is 4. The van der Waals surface area contributed by atoms with Crippen LogP contribution < -0.4 is 0 Å². The lowest BCUT2D eigenvalue weighted by Crippen LogP contribution is -2.51. The molecule has 0 spiro atoms. The molecule has 120 valence electrons. The van der Waals surface area contributed by atoms with Crippen molar-refractivity contribution in [1.29, 1.82) is 0 Å². The van der Waals surface area contributed by atoms with E-state index in [0.717, 1.165) is 0 Å². The minimum Gasteiger partial charge on any atom is -0.450 e. The van der Waals surface area contributed by atoms with Crippen LogP contribution in [0, 0.1) is 0 Å². The molecular formula is C14H25N3O4. The van der Waals surface area contributed by atoms with Crippen LogP contribution in [0.15, 0.2) is 0 Å². The molecule has 0 bridgehead atoms. The average molecular weight is 299 g/mol. The highest BCUT2D eigenvalue weighted by Crippen LogP contribution is 2.07. The first-order chi connectivity index (χ1) is 10.0. The Balaban J connectivity index is 2.41. The Hall–Kier alpha value is -1.79. The van der Waals surface area contributed by atoms with Gasteiger partial charge < -0.3 is 19.4 Å². The Labute approximate surface area is 125 Å². The van der Waals surface area contributed by atoms with Gasteiger partial charge in [-0.05, 0) is 20.8 Å². The number of carbonyl (C=O) groups is 3. The van der Waals surface area contributed by atoms with Crippen LogP contribution in [-0.2, 0) is 14.3 Å². The fraction of sp³-hybridized carbons (Fsp3) is 0.786. The van der Waals surface area contributed by atoms with Crippen molar-refractivity contribution in [2.75, 3.05) is 45.9 Å². The second kappa shape index (κ2) is 8.49. The lowest BCUT2D eigenvalue weighted by molar-refractivity contribution is -0.141. The van der Waals surface area contributed by atoms with Crippen LogP contribution in [0.3, 0.4) is 0 Å². The Morgan fingerprint density at radius 2 is 1.48 bits per heavy atom. The summed E-state index contributed by atoms with van der Waals surface area (Å²) in [6.45, 7) is 8.90. The van der Waals surface area contributed by atoms with Gasteiger partial charge in [-0.3, -0.25) is 9.59 Å². The van der Waals surface area contributed by atoms with E-state index in [9.17, 15) is 14.4 Å². The maximum atomic E-state index is 12.1. The summed E-state index contributed by atoms with van der Waals surface area (Å²) >= 11 is 0. The third-order valence-corrected chi connectivity index (χ3v) is 3.58. The zero-order chi connectivity index (χ0) is 15.8. The van der Waals surface area contributed by atoms with Crippen molar-refractivity contribution in [3.8, 4) is 0 Å². The molecule has 7 nitrogen and oxygen atoms in total. The summed E-state index contributed by atoms with van der Waals surface area (Å²) in [6, 6.07) is 0. The number of ether oxygens (including phenoxy) is 1. The average Bonchev–Trinajstić information content (AvgIpc) is 2.48. The molecule has 1 fully saturated rings. The van der Waals surface area contributed by atoms with E-state index in [4.69, 9.17) is 4.74 Å². The molecule has 21 heavy (non-hydrogen) atoms. The molecule has 1 saturated heterocycles. The van der Waals surface area contributed by atoms with Crippen LogP contribution in [0.2, 0.25) is 0 Å². The Bertz CT molecular complexity index is 374. The van der Waals surface area contributed by atoms with Crippen molar-refractivity contribution in [2.45, 2.75) is 27.2 Å². The molecule has 0 aliphatic carbocycles.